The summed E-state index contributed by atoms with van der Waals surface area (Å²) in [5.74, 6) is 0.850. The van der Waals surface area contributed by atoms with E-state index in [9.17, 15) is 13.6 Å². The molecule has 2 heterocycles. The van der Waals surface area contributed by atoms with Crippen molar-refractivity contribution >= 4 is 29.2 Å². The lowest BCUT2D eigenvalue weighted by Crippen LogP contribution is -2.37. The monoisotopic (exact) mass is 394 g/mol. The quantitative estimate of drug-likeness (QED) is 0.812. The smallest absolute Gasteiger partial charge is 0.315 e. The van der Waals surface area contributed by atoms with Crippen molar-refractivity contribution in [3.8, 4) is 11.4 Å². The molecular weight excluding hydrogens is 374 g/mol. The van der Waals surface area contributed by atoms with Gasteiger partial charge in [0.2, 0.25) is 0 Å². The number of aromatic nitrogens is 2. The number of nitrogens with zero attached hydrogens (tertiary/aromatic N) is 3. The number of amides is 1. The van der Waals surface area contributed by atoms with E-state index in [-0.39, 0.29) is 0 Å². The van der Waals surface area contributed by atoms with E-state index < -0.39 is 12.3 Å². The minimum atomic E-state index is -3.05. The fraction of sp³-hybridized carbons (Fsp3) is 0.389. The molecule has 0 spiro atoms. The van der Waals surface area contributed by atoms with Gasteiger partial charge in [-0.2, -0.15) is 20.5 Å². The second kappa shape index (κ2) is 9.09. The van der Waals surface area contributed by atoms with Crippen LogP contribution in [0.5, 0.6) is 0 Å². The van der Waals surface area contributed by atoms with E-state index in [0.717, 1.165) is 35.9 Å². The molecule has 1 N–H and O–H groups in total. The molecule has 3 rings (SSSR count). The summed E-state index contributed by atoms with van der Waals surface area (Å²) in [6, 6.07) is 8.54. The minimum absolute atomic E-state index is 0.303. The lowest BCUT2D eigenvalue weighted by Gasteiger charge is -2.28. The highest BCUT2D eigenvalue weighted by molar-refractivity contribution is 7.97. The third kappa shape index (κ3) is 5.14. The lowest BCUT2D eigenvalue weighted by molar-refractivity contribution is -0.126. The number of nitrogens with one attached hydrogen (secondary N) is 1. The minimum Gasteiger partial charge on any atom is -0.378 e. The number of carbonyl (C=O) groups excluding carboxylic acids is 1. The molecule has 0 aliphatic carbocycles. The Kier molecular flexibility index (Phi) is 6.57. The van der Waals surface area contributed by atoms with Crippen LogP contribution in [0.3, 0.4) is 0 Å². The van der Waals surface area contributed by atoms with Crippen LogP contribution in [0.4, 0.5) is 20.3 Å². The van der Waals surface area contributed by atoms with Crippen molar-refractivity contribution in [2.24, 2.45) is 0 Å². The Morgan fingerprint density at radius 1 is 1.26 bits per heavy atom. The van der Waals surface area contributed by atoms with E-state index >= 15 is 0 Å². The highest BCUT2D eigenvalue weighted by atomic mass is 32.2. The van der Waals surface area contributed by atoms with Crippen molar-refractivity contribution in [2.75, 3.05) is 42.8 Å². The van der Waals surface area contributed by atoms with E-state index in [2.05, 4.69) is 20.2 Å². The van der Waals surface area contributed by atoms with Gasteiger partial charge in [0.25, 0.3) is 5.91 Å². The Morgan fingerprint density at radius 3 is 2.59 bits per heavy atom. The van der Waals surface area contributed by atoms with Crippen molar-refractivity contribution < 1.29 is 18.3 Å². The predicted molar refractivity (Wildman–Crippen MR) is 102 cm³/mol. The molecule has 0 radical (unpaired) electrons. The first-order valence-electron chi connectivity index (χ1n) is 8.46. The average Bonchev–Trinajstić information content (AvgIpc) is 2.69. The van der Waals surface area contributed by atoms with Crippen LogP contribution in [0.2, 0.25) is 0 Å². The second-order valence-corrected chi connectivity index (χ2v) is 6.81. The largest absolute Gasteiger partial charge is 0.378 e. The van der Waals surface area contributed by atoms with Gasteiger partial charge in [0.1, 0.15) is 5.82 Å². The molecule has 0 bridgehead atoms. The number of alkyl halides is 2. The molecule has 1 fully saturated rings. The maximum absolute atomic E-state index is 12.3. The number of thioether (sulfide) groups is 1. The van der Waals surface area contributed by atoms with Gasteiger partial charge >= 0.3 is 6.43 Å². The number of hydrogen-bond acceptors (Lipinski definition) is 6. The molecule has 144 valence electrons. The molecule has 1 aliphatic heterocycles. The van der Waals surface area contributed by atoms with Crippen LogP contribution < -0.4 is 10.2 Å². The van der Waals surface area contributed by atoms with E-state index in [1.54, 1.807) is 36.0 Å². The first-order valence-corrected chi connectivity index (χ1v) is 9.85. The molecule has 9 heteroatoms. The fourth-order valence-electron chi connectivity index (χ4n) is 2.69. The molecule has 1 aromatic carbocycles. The third-order valence-electron chi connectivity index (χ3n) is 4.00. The molecular formula is C18H20F2N4O2S. The second-order valence-electron chi connectivity index (χ2n) is 5.94. The highest BCUT2D eigenvalue weighted by Gasteiger charge is 2.17. The van der Waals surface area contributed by atoms with Crippen molar-refractivity contribution in [3.63, 3.8) is 0 Å². The van der Waals surface area contributed by atoms with Crippen LogP contribution in [0, 0.1) is 0 Å². The molecule has 27 heavy (non-hydrogen) atoms. The molecule has 0 saturated carbocycles. The highest BCUT2D eigenvalue weighted by Crippen LogP contribution is 2.24. The van der Waals surface area contributed by atoms with Crippen LogP contribution >= 0.6 is 11.8 Å². The maximum Gasteiger partial charge on any atom is 0.315 e. The summed E-state index contributed by atoms with van der Waals surface area (Å²) < 4.78 is 30.1. The zero-order valence-corrected chi connectivity index (χ0v) is 15.6. The SMILES string of the molecule is CSCc1cc(N2CCOCC2)nc(-c2ccc(NC(=O)C(F)F)cc2)n1. The first-order chi connectivity index (χ1) is 13.1. The number of benzene rings is 1. The topological polar surface area (TPSA) is 67.3 Å². The number of halogens is 2. The standard InChI is InChI=1S/C18H20F2N4O2S/c1-27-11-14-10-15(24-6-8-26-9-7-24)23-17(21-14)12-2-4-13(5-3-12)22-18(25)16(19)20/h2-5,10,16H,6-9,11H2,1H3,(H,22,25). The maximum atomic E-state index is 12.3. The predicted octanol–water partition coefficient (Wildman–Crippen LogP) is 3.05. The van der Waals surface area contributed by atoms with Gasteiger partial charge in [0.05, 0.1) is 18.9 Å². The van der Waals surface area contributed by atoms with Crippen LogP contribution in [0.15, 0.2) is 30.3 Å². The molecule has 0 atom stereocenters. The lowest BCUT2D eigenvalue weighted by atomic mass is 10.2. The number of ether oxygens (including phenoxy) is 1. The molecule has 1 aromatic heterocycles. The third-order valence-corrected chi connectivity index (χ3v) is 4.59. The Bertz CT molecular complexity index is 783. The van der Waals surface area contributed by atoms with Gasteiger partial charge in [-0.05, 0) is 30.5 Å². The number of morpholine rings is 1. The molecule has 1 saturated heterocycles. The van der Waals surface area contributed by atoms with Crippen LogP contribution in [-0.2, 0) is 15.3 Å². The zero-order valence-electron chi connectivity index (χ0n) is 14.8. The number of carbonyl (C=O) groups is 1. The Balaban J connectivity index is 1.85. The van der Waals surface area contributed by atoms with Gasteiger partial charge in [-0.15, -0.1) is 0 Å². The van der Waals surface area contributed by atoms with Crippen LogP contribution in [0.1, 0.15) is 5.69 Å². The van der Waals surface area contributed by atoms with Crippen LogP contribution in [0.25, 0.3) is 11.4 Å². The first kappa shape index (κ1) is 19.5. The Labute approximate surface area is 160 Å². The molecule has 2 aromatic rings. The zero-order chi connectivity index (χ0) is 19.2. The van der Waals surface area contributed by atoms with Crippen molar-refractivity contribution in [1.82, 2.24) is 9.97 Å². The van der Waals surface area contributed by atoms with Gasteiger partial charge in [-0.25, -0.2) is 9.97 Å². The number of anilines is 2. The van der Waals surface area contributed by atoms with Gasteiger partial charge in [-0.3, -0.25) is 4.79 Å². The fourth-order valence-corrected chi connectivity index (χ4v) is 3.13. The van der Waals surface area contributed by atoms with E-state index in [4.69, 9.17) is 4.74 Å². The molecule has 1 aliphatic rings. The molecule has 1 amide bonds. The summed E-state index contributed by atoms with van der Waals surface area (Å²) in [6.45, 7) is 2.87. The van der Waals surface area contributed by atoms with Crippen molar-refractivity contribution in [3.05, 3.63) is 36.0 Å². The summed E-state index contributed by atoms with van der Waals surface area (Å²) in [6.07, 6.45) is -1.04. The number of hydrogen-bond donors (Lipinski definition) is 1. The van der Waals surface area contributed by atoms with Gasteiger partial charge in [0, 0.05) is 36.2 Å². The Morgan fingerprint density at radius 2 is 1.96 bits per heavy atom. The van der Waals surface area contributed by atoms with Gasteiger partial charge < -0.3 is 15.0 Å². The van der Waals surface area contributed by atoms with Crippen LogP contribution in [-0.4, -0.2) is 54.9 Å². The summed E-state index contributed by atoms with van der Waals surface area (Å²) >= 11 is 1.67. The van der Waals surface area contributed by atoms with Gasteiger partial charge in [0.15, 0.2) is 5.82 Å². The van der Waals surface area contributed by atoms with Gasteiger partial charge in [-0.1, -0.05) is 0 Å². The molecule has 6 nitrogen and oxygen atoms in total. The normalized spacial score (nSPS) is 14.4. The average molecular weight is 394 g/mol. The van der Waals surface area contributed by atoms with E-state index in [0.29, 0.717) is 24.7 Å². The van der Waals surface area contributed by atoms with Crippen molar-refractivity contribution in [1.29, 1.82) is 0 Å². The summed E-state index contributed by atoms with van der Waals surface area (Å²) in [4.78, 5) is 22.5. The van der Waals surface area contributed by atoms with Crippen molar-refractivity contribution in [2.45, 2.75) is 12.2 Å². The van der Waals surface area contributed by atoms with E-state index in [1.807, 2.05) is 12.3 Å². The summed E-state index contributed by atoms with van der Waals surface area (Å²) in [5.41, 5.74) is 1.98. The number of rotatable bonds is 6. The molecule has 0 unspecified atom stereocenters. The van der Waals surface area contributed by atoms with E-state index in [1.165, 1.54) is 0 Å². The Hall–Kier alpha value is -2.26. The summed E-state index contributed by atoms with van der Waals surface area (Å²) in [5, 5.41) is 2.16. The summed E-state index contributed by atoms with van der Waals surface area (Å²) in [7, 11) is 0.